The molecule has 7 nitrogen and oxygen atoms in total. The van der Waals surface area contributed by atoms with Crippen molar-refractivity contribution in [1.82, 2.24) is 9.88 Å². The van der Waals surface area contributed by atoms with Gasteiger partial charge in [-0.3, -0.25) is 14.7 Å². The van der Waals surface area contributed by atoms with Crippen molar-refractivity contribution >= 4 is 11.9 Å². The number of ether oxygens (including phenoxy) is 4. The number of aryl methyl sites for hydroxylation is 1. The molecule has 33 heavy (non-hydrogen) atoms. The predicted octanol–water partition coefficient (Wildman–Crippen LogP) is 4.38. The van der Waals surface area contributed by atoms with E-state index in [0.29, 0.717) is 48.3 Å². The van der Waals surface area contributed by atoms with Crippen molar-refractivity contribution in [2.24, 2.45) is 0 Å². The van der Waals surface area contributed by atoms with E-state index >= 15 is 0 Å². The molecule has 3 heterocycles. The summed E-state index contributed by atoms with van der Waals surface area (Å²) in [5.74, 6) is 2.85. The fourth-order valence-electron chi connectivity index (χ4n) is 4.21. The number of rotatable bonds is 5. The highest BCUT2D eigenvalue weighted by Crippen LogP contribution is 2.44. The van der Waals surface area contributed by atoms with Crippen molar-refractivity contribution in [2.45, 2.75) is 20.0 Å². The molecule has 0 radical (unpaired) electrons. The molecule has 3 aromatic rings. The molecule has 2 aliphatic rings. The molecule has 0 saturated carbocycles. The molecule has 168 valence electrons. The molecule has 2 aromatic carbocycles. The number of methoxy groups -OCH3 is 2. The minimum absolute atomic E-state index is 0.132. The van der Waals surface area contributed by atoms with Crippen LogP contribution in [0.3, 0.4) is 0 Å². The van der Waals surface area contributed by atoms with Gasteiger partial charge in [0.05, 0.1) is 31.0 Å². The zero-order chi connectivity index (χ0) is 22.9. The molecule has 0 aliphatic carbocycles. The van der Waals surface area contributed by atoms with Gasteiger partial charge in [-0.25, -0.2) is 0 Å². The van der Waals surface area contributed by atoms with E-state index in [-0.39, 0.29) is 11.5 Å². The molecule has 0 spiro atoms. The highest BCUT2D eigenvalue weighted by molar-refractivity contribution is 6.15. The smallest absolute Gasteiger partial charge is 0.232 e. The standard InChI is InChI=1S/C26H24N2O5/c1-16-10-21-19(26-24(16)25(29)23(33-26)12-18-6-4-5-9-27-18)14-28(15-32-21)13-17-7-8-20(30-2)22(11-17)31-3/h4-12H,13-15H2,1-3H3/b23-12-. The maximum absolute atomic E-state index is 13.1. The van der Waals surface area contributed by atoms with Gasteiger partial charge >= 0.3 is 0 Å². The van der Waals surface area contributed by atoms with Gasteiger partial charge in [0.25, 0.3) is 0 Å². The number of carbonyl (C=O) groups is 1. The summed E-state index contributed by atoms with van der Waals surface area (Å²) in [6.07, 6.45) is 3.37. The Balaban J connectivity index is 1.43. The molecule has 0 N–H and O–H groups in total. The summed E-state index contributed by atoms with van der Waals surface area (Å²) in [4.78, 5) is 19.5. The average molecular weight is 444 g/mol. The third-order valence-electron chi connectivity index (χ3n) is 5.81. The number of carbonyl (C=O) groups excluding carboxylic acids is 1. The van der Waals surface area contributed by atoms with Gasteiger partial charge in [0.1, 0.15) is 18.2 Å². The molecule has 0 atom stereocenters. The van der Waals surface area contributed by atoms with Crippen LogP contribution in [-0.4, -0.2) is 36.6 Å². The van der Waals surface area contributed by atoms with E-state index in [4.69, 9.17) is 18.9 Å². The molecule has 0 saturated heterocycles. The monoisotopic (exact) mass is 444 g/mol. The van der Waals surface area contributed by atoms with E-state index in [2.05, 4.69) is 9.88 Å². The average Bonchev–Trinajstić information content (AvgIpc) is 3.16. The van der Waals surface area contributed by atoms with Gasteiger partial charge in [-0.15, -0.1) is 0 Å². The van der Waals surface area contributed by atoms with Crippen LogP contribution in [0.2, 0.25) is 0 Å². The molecular weight excluding hydrogens is 420 g/mol. The second-order valence-electron chi connectivity index (χ2n) is 8.02. The SMILES string of the molecule is COc1ccc(CN2COc3cc(C)c4c(c3C2)O/C(=C\c2ccccn2)C4=O)cc1OC. The number of aromatic nitrogens is 1. The summed E-state index contributed by atoms with van der Waals surface area (Å²) in [7, 11) is 3.24. The number of allylic oxidation sites excluding steroid dienone is 1. The fourth-order valence-corrected chi connectivity index (χ4v) is 4.21. The Labute approximate surface area is 192 Å². The number of Topliss-reactive ketones (excluding diaryl/α,β-unsaturated/α-hetero) is 1. The summed E-state index contributed by atoms with van der Waals surface area (Å²) in [6.45, 7) is 3.58. The van der Waals surface area contributed by atoms with Gasteiger partial charge in [-0.1, -0.05) is 12.1 Å². The van der Waals surface area contributed by atoms with Gasteiger partial charge in [-0.2, -0.15) is 0 Å². The highest BCUT2D eigenvalue weighted by Gasteiger charge is 2.35. The van der Waals surface area contributed by atoms with Crippen molar-refractivity contribution in [3.05, 3.63) is 82.4 Å². The van der Waals surface area contributed by atoms with Crippen molar-refractivity contribution in [3.63, 3.8) is 0 Å². The number of benzene rings is 2. The van der Waals surface area contributed by atoms with Crippen molar-refractivity contribution in [1.29, 1.82) is 0 Å². The molecule has 1 aromatic heterocycles. The lowest BCUT2D eigenvalue weighted by atomic mass is 9.98. The molecule has 0 bridgehead atoms. The van der Waals surface area contributed by atoms with Crippen LogP contribution in [0.4, 0.5) is 0 Å². The maximum atomic E-state index is 13.1. The number of fused-ring (bicyclic) bond motifs is 3. The third-order valence-corrected chi connectivity index (χ3v) is 5.81. The summed E-state index contributed by atoms with van der Waals surface area (Å²) < 4.78 is 22.9. The van der Waals surface area contributed by atoms with Crippen LogP contribution in [0.25, 0.3) is 6.08 Å². The predicted molar refractivity (Wildman–Crippen MR) is 123 cm³/mol. The van der Waals surface area contributed by atoms with Crippen LogP contribution in [-0.2, 0) is 13.1 Å². The molecule has 2 aliphatic heterocycles. The Kier molecular flexibility index (Phi) is 5.48. The number of nitrogens with zero attached hydrogens (tertiary/aromatic N) is 2. The van der Waals surface area contributed by atoms with E-state index in [0.717, 1.165) is 22.4 Å². The Morgan fingerprint density at radius 1 is 1.12 bits per heavy atom. The molecular formula is C26H24N2O5. The van der Waals surface area contributed by atoms with E-state index in [9.17, 15) is 4.79 Å². The Bertz CT molecular complexity index is 1250. The van der Waals surface area contributed by atoms with Crippen LogP contribution in [0.1, 0.15) is 32.7 Å². The van der Waals surface area contributed by atoms with Gasteiger partial charge in [0, 0.05) is 25.4 Å². The summed E-state index contributed by atoms with van der Waals surface area (Å²) >= 11 is 0. The van der Waals surface area contributed by atoms with E-state index in [1.807, 2.05) is 49.4 Å². The van der Waals surface area contributed by atoms with Crippen LogP contribution in [0.5, 0.6) is 23.0 Å². The summed E-state index contributed by atoms with van der Waals surface area (Å²) in [6, 6.07) is 13.3. The Morgan fingerprint density at radius 2 is 1.97 bits per heavy atom. The lowest BCUT2D eigenvalue weighted by molar-refractivity contribution is 0.0871. The molecule has 0 amide bonds. The van der Waals surface area contributed by atoms with Crippen LogP contribution in [0.15, 0.2) is 54.4 Å². The number of hydrogen-bond donors (Lipinski definition) is 0. The first-order valence-electron chi connectivity index (χ1n) is 10.6. The van der Waals surface area contributed by atoms with Gasteiger partial charge in [0.15, 0.2) is 17.3 Å². The van der Waals surface area contributed by atoms with Crippen molar-refractivity contribution in [2.75, 3.05) is 21.0 Å². The molecule has 0 unspecified atom stereocenters. The molecule has 7 heteroatoms. The normalized spacial score (nSPS) is 16.1. The largest absolute Gasteiger partial charge is 0.493 e. The first-order chi connectivity index (χ1) is 16.1. The summed E-state index contributed by atoms with van der Waals surface area (Å²) in [5.41, 5.74) is 4.04. The minimum Gasteiger partial charge on any atom is -0.493 e. The fraction of sp³-hybridized carbons (Fsp3) is 0.231. The topological polar surface area (TPSA) is 70.1 Å². The van der Waals surface area contributed by atoms with Crippen LogP contribution < -0.4 is 18.9 Å². The second-order valence-corrected chi connectivity index (χ2v) is 8.02. The number of pyridine rings is 1. The maximum Gasteiger partial charge on any atom is 0.232 e. The Hall–Kier alpha value is -3.84. The van der Waals surface area contributed by atoms with E-state index in [1.54, 1.807) is 26.5 Å². The molecule has 0 fully saturated rings. The highest BCUT2D eigenvalue weighted by atomic mass is 16.5. The summed E-state index contributed by atoms with van der Waals surface area (Å²) in [5, 5.41) is 0. The van der Waals surface area contributed by atoms with Crippen LogP contribution >= 0.6 is 0 Å². The first kappa shape index (κ1) is 21.0. The number of ketones is 1. The second kappa shape index (κ2) is 8.60. The zero-order valence-electron chi connectivity index (χ0n) is 18.8. The van der Waals surface area contributed by atoms with Crippen molar-refractivity contribution < 1.29 is 23.7 Å². The lowest BCUT2D eigenvalue weighted by Crippen LogP contribution is -2.31. The first-order valence-corrected chi connectivity index (χ1v) is 10.6. The minimum atomic E-state index is -0.132. The molecule has 5 rings (SSSR count). The third kappa shape index (κ3) is 3.91. The van der Waals surface area contributed by atoms with Gasteiger partial charge in [0.2, 0.25) is 5.78 Å². The van der Waals surface area contributed by atoms with Crippen molar-refractivity contribution in [3.8, 4) is 23.0 Å². The van der Waals surface area contributed by atoms with Gasteiger partial charge < -0.3 is 18.9 Å². The van der Waals surface area contributed by atoms with Crippen LogP contribution in [0, 0.1) is 6.92 Å². The quantitative estimate of drug-likeness (QED) is 0.541. The van der Waals surface area contributed by atoms with Gasteiger partial charge in [-0.05, 0) is 48.4 Å². The number of hydrogen-bond acceptors (Lipinski definition) is 7. The van der Waals surface area contributed by atoms with E-state index < -0.39 is 0 Å². The lowest BCUT2D eigenvalue weighted by Gasteiger charge is -2.30. The van der Waals surface area contributed by atoms with E-state index in [1.165, 1.54) is 0 Å². The Morgan fingerprint density at radius 3 is 2.73 bits per heavy atom. The zero-order valence-corrected chi connectivity index (χ0v) is 18.8.